The summed E-state index contributed by atoms with van der Waals surface area (Å²) in [6, 6.07) is 5.70. The first-order valence-corrected chi connectivity index (χ1v) is 6.92. The number of hydrogen-bond donors (Lipinski definition) is 1. The monoisotopic (exact) mass is 266 g/mol. The van der Waals surface area contributed by atoms with E-state index >= 15 is 0 Å². The van der Waals surface area contributed by atoms with E-state index < -0.39 is 0 Å². The van der Waals surface area contributed by atoms with Gasteiger partial charge in [0.05, 0.1) is 5.69 Å². The van der Waals surface area contributed by atoms with Crippen molar-refractivity contribution in [2.75, 3.05) is 18.5 Å². The highest BCUT2D eigenvalue weighted by Gasteiger charge is 2.18. The number of halogens is 1. The fourth-order valence-corrected chi connectivity index (χ4v) is 2.23. The Morgan fingerprint density at radius 1 is 1.26 bits per heavy atom. The molecular weight excluding hydrogens is 239 g/mol. The van der Waals surface area contributed by atoms with Gasteiger partial charge in [0.2, 0.25) is 0 Å². The summed E-state index contributed by atoms with van der Waals surface area (Å²) in [5, 5.41) is 3.35. The van der Waals surface area contributed by atoms with Gasteiger partial charge >= 0.3 is 0 Å². The Bertz CT molecular complexity index is 408. The predicted octanol–water partition coefficient (Wildman–Crippen LogP) is 3.81. The van der Waals surface area contributed by atoms with Crippen LogP contribution in [0.4, 0.5) is 10.1 Å². The fourth-order valence-electron chi connectivity index (χ4n) is 2.23. The summed E-state index contributed by atoms with van der Waals surface area (Å²) in [4.78, 5) is 2.02. The van der Waals surface area contributed by atoms with E-state index in [1.165, 1.54) is 6.07 Å². The molecule has 0 bridgehead atoms. The van der Waals surface area contributed by atoms with Crippen molar-refractivity contribution in [1.29, 1.82) is 0 Å². The molecule has 0 heterocycles. The molecule has 0 atom stereocenters. The minimum absolute atomic E-state index is 0.139. The third kappa shape index (κ3) is 5.19. The van der Waals surface area contributed by atoms with Gasteiger partial charge in [0.25, 0.3) is 0 Å². The second-order valence-electron chi connectivity index (χ2n) is 6.70. The average molecular weight is 266 g/mol. The van der Waals surface area contributed by atoms with Gasteiger partial charge in [-0.15, -0.1) is 0 Å². The van der Waals surface area contributed by atoms with Gasteiger partial charge in [0.1, 0.15) is 5.82 Å². The van der Waals surface area contributed by atoms with Crippen molar-refractivity contribution >= 4 is 5.69 Å². The Morgan fingerprint density at radius 3 is 2.42 bits per heavy atom. The van der Waals surface area contributed by atoms with E-state index in [-0.39, 0.29) is 11.2 Å². The summed E-state index contributed by atoms with van der Waals surface area (Å²) in [5.74, 6) is -0.144. The Kier molecular flexibility index (Phi) is 5.36. The van der Waals surface area contributed by atoms with Crippen LogP contribution in [0.1, 0.15) is 40.2 Å². The minimum atomic E-state index is -0.144. The molecule has 0 saturated carbocycles. The third-order valence-corrected chi connectivity index (χ3v) is 2.86. The van der Waals surface area contributed by atoms with Gasteiger partial charge < -0.3 is 10.2 Å². The summed E-state index contributed by atoms with van der Waals surface area (Å²) >= 11 is 0. The number of rotatable bonds is 5. The standard InChI is InChI=1S/C16H27FN2/c1-12(2)18-10-13-8-7-9-14(17)15(13)19(6)11-16(3,4)5/h7-9,12,18H,10-11H2,1-6H3. The third-order valence-electron chi connectivity index (χ3n) is 2.86. The molecule has 1 aromatic carbocycles. The molecule has 0 spiro atoms. The molecule has 1 aromatic rings. The Balaban J connectivity index is 2.97. The van der Waals surface area contributed by atoms with Crippen LogP contribution in [0.3, 0.4) is 0 Å². The van der Waals surface area contributed by atoms with Crippen molar-refractivity contribution in [3.05, 3.63) is 29.6 Å². The summed E-state index contributed by atoms with van der Waals surface area (Å²) in [5.41, 5.74) is 1.87. The molecule has 0 aliphatic rings. The molecule has 0 radical (unpaired) electrons. The Hall–Kier alpha value is -1.09. The van der Waals surface area contributed by atoms with Gasteiger partial charge in [-0.2, -0.15) is 0 Å². The maximum atomic E-state index is 14.1. The van der Waals surface area contributed by atoms with Crippen LogP contribution in [0.15, 0.2) is 18.2 Å². The van der Waals surface area contributed by atoms with Crippen molar-refractivity contribution in [3.8, 4) is 0 Å². The first-order chi connectivity index (χ1) is 8.70. The van der Waals surface area contributed by atoms with Crippen LogP contribution >= 0.6 is 0 Å². The molecule has 0 fully saturated rings. The van der Waals surface area contributed by atoms with E-state index in [0.717, 1.165) is 12.1 Å². The maximum absolute atomic E-state index is 14.1. The molecule has 1 N–H and O–H groups in total. The van der Waals surface area contributed by atoms with Crippen LogP contribution in [0.2, 0.25) is 0 Å². The Morgan fingerprint density at radius 2 is 1.89 bits per heavy atom. The van der Waals surface area contributed by atoms with Gasteiger partial charge in [0.15, 0.2) is 0 Å². The molecule has 3 heteroatoms. The Labute approximate surface area is 117 Å². The van der Waals surface area contributed by atoms with Crippen molar-refractivity contribution < 1.29 is 4.39 Å². The van der Waals surface area contributed by atoms with Crippen LogP contribution in [-0.4, -0.2) is 19.6 Å². The number of nitrogens with one attached hydrogen (secondary N) is 1. The van der Waals surface area contributed by atoms with Gasteiger partial charge in [-0.1, -0.05) is 46.8 Å². The lowest BCUT2D eigenvalue weighted by Crippen LogP contribution is -2.31. The number of hydrogen-bond acceptors (Lipinski definition) is 2. The summed E-state index contributed by atoms with van der Waals surface area (Å²) in [6.07, 6.45) is 0. The molecular formula is C16H27FN2. The molecule has 0 aromatic heterocycles. The molecule has 0 amide bonds. The zero-order valence-electron chi connectivity index (χ0n) is 13.0. The molecule has 0 aliphatic carbocycles. The summed E-state index contributed by atoms with van der Waals surface area (Å²) in [6.45, 7) is 12.2. The van der Waals surface area contributed by atoms with Crippen LogP contribution < -0.4 is 10.2 Å². The topological polar surface area (TPSA) is 15.3 Å². The van der Waals surface area contributed by atoms with E-state index in [4.69, 9.17) is 0 Å². The molecule has 0 aliphatic heterocycles. The van der Waals surface area contributed by atoms with E-state index in [1.54, 1.807) is 6.07 Å². The highest BCUT2D eigenvalue weighted by atomic mass is 19.1. The number of benzene rings is 1. The second-order valence-corrected chi connectivity index (χ2v) is 6.70. The minimum Gasteiger partial charge on any atom is -0.371 e. The molecule has 19 heavy (non-hydrogen) atoms. The number of para-hydroxylation sites is 1. The number of anilines is 1. The van der Waals surface area contributed by atoms with Gasteiger partial charge in [0, 0.05) is 26.2 Å². The highest BCUT2D eigenvalue weighted by molar-refractivity contribution is 5.54. The van der Waals surface area contributed by atoms with Crippen molar-refractivity contribution in [2.45, 2.75) is 47.2 Å². The normalized spacial score (nSPS) is 12.0. The average Bonchev–Trinajstić information content (AvgIpc) is 2.23. The lowest BCUT2D eigenvalue weighted by Gasteiger charge is -2.30. The number of nitrogens with zero attached hydrogens (tertiary/aromatic N) is 1. The van der Waals surface area contributed by atoms with E-state index in [0.29, 0.717) is 18.3 Å². The molecule has 0 saturated heterocycles. The van der Waals surface area contributed by atoms with E-state index in [9.17, 15) is 4.39 Å². The zero-order chi connectivity index (χ0) is 14.6. The smallest absolute Gasteiger partial charge is 0.146 e. The zero-order valence-corrected chi connectivity index (χ0v) is 13.0. The predicted molar refractivity (Wildman–Crippen MR) is 81.1 cm³/mol. The lowest BCUT2D eigenvalue weighted by atomic mass is 9.95. The molecule has 1 rings (SSSR count). The van der Waals surface area contributed by atoms with E-state index in [2.05, 4.69) is 39.9 Å². The van der Waals surface area contributed by atoms with Gasteiger partial charge in [-0.25, -0.2) is 4.39 Å². The van der Waals surface area contributed by atoms with Crippen LogP contribution in [0.5, 0.6) is 0 Å². The fraction of sp³-hybridized carbons (Fsp3) is 0.625. The maximum Gasteiger partial charge on any atom is 0.146 e. The largest absolute Gasteiger partial charge is 0.371 e. The van der Waals surface area contributed by atoms with Gasteiger partial charge in [-0.3, -0.25) is 0 Å². The SMILES string of the molecule is CC(C)NCc1cccc(F)c1N(C)CC(C)(C)C. The second kappa shape index (κ2) is 6.38. The quantitative estimate of drug-likeness (QED) is 0.872. The highest BCUT2D eigenvalue weighted by Crippen LogP contribution is 2.26. The summed E-state index contributed by atoms with van der Waals surface area (Å²) < 4.78 is 14.1. The van der Waals surface area contributed by atoms with Crippen LogP contribution in [0.25, 0.3) is 0 Å². The van der Waals surface area contributed by atoms with Crippen LogP contribution in [-0.2, 0) is 6.54 Å². The summed E-state index contributed by atoms with van der Waals surface area (Å²) in [7, 11) is 1.96. The first kappa shape index (κ1) is 16.0. The molecule has 0 unspecified atom stereocenters. The van der Waals surface area contributed by atoms with Crippen molar-refractivity contribution in [2.24, 2.45) is 5.41 Å². The van der Waals surface area contributed by atoms with Gasteiger partial charge in [-0.05, 0) is 17.0 Å². The van der Waals surface area contributed by atoms with E-state index in [1.807, 2.05) is 18.0 Å². The lowest BCUT2D eigenvalue weighted by molar-refractivity contribution is 0.416. The first-order valence-electron chi connectivity index (χ1n) is 6.92. The molecule has 108 valence electrons. The molecule has 2 nitrogen and oxygen atoms in total. The van der Waals surface area contributed by atoms with Crippen molar-refractivity contribution in [3.63, 3.8) is 0 Å². The van der Waals surface area contributed by atoms with Crippen LogP contribution in [0, 0.1) is 11.2 Å². The van der Waals surface area contributed by atoms with Crippen molar-refractivity contribution in [1.82, 2.24) is 5.32 Å².